The van der Waals surface area contributed by atoms with E-state index >= 15 is 0 Å². The number of aliphatic hydroxyl groups excluding tert-OH is 1. The van der Waals surface area contributed by atoms with Gasteiger partial charge in [0.15, 0.2) is 0 Å². The molecule has 2 heterocycles. The smallest absolute Gasteiger partial charge is 0.251 e. The highest BCUT2D eigenvalue weighted by Crippen LogP contribution is 2.35. The lowest BCUT2D eigenvalue weighted by Crippen LogP contribution is -2.54. The van der Waals surface area contributed by atoms with Crippen molar-refractivity contribution >= 4 is 38.4 Å². The minimum atomic E-state index is -0.971. The second-order valence-corrected chi connectivity index (χ2v) is 11.3. The molecule has 1 aliphatic rings. The number of benzene rings is 3. The molecule has 2 aromatic heterocycles. The van der Waals surface area contributed by atoms with E-state index < -0.39 is 23.3 Å². The van der Waals surface area contributed by atoms with Crippen LogP contribution in [0.5, 0.6) is 0 Å². The highest BCUT2D eigenvalue weighted by atomic mass is 32.1. The van der Waals surface area contributed by atoms with Crippen molar-refractivity contribution in [3.8, 4) is 11.3 Å². The Labute approximate surface area is 221 Å². The second kappa shape index (κ2) is 9.56. The van der Waals surface area contributed by atoms with Crippen LogP contribution in [0.25, 0.3) is 32.4 Å². The summed E-state index contributed by atoms with van der Waals surface area (Å²) in [5, 5.41) is 22.8. The van der Waals surface area contributed by atoms with Crippen molar-refractivity contribution in [2.75, 3.05) is 0 Å². The quantitative estimate of drug-likeness (QED) is 0.256. The van der Waals surface area contributed by atoms with Crippen LogP contribution in [-0.2, 0) is 6.42 Å². The van der Waals surface area contributed by atoms with Crippen LogP contribution < -0.4 is 5.32 Å². The highest BCUT2D eigenvalue weighted by molar-refractivity contribution is 7.18. The van der Waals surface area contributed by atoms with E-state index in [9.17, 15) is 18.7 Å². The van der Waals surface area contributed by atoms with Gasteiger partial charge in [0.1, 0.15) is 11.6 Å². The van der Waals surface area contributed by atoms with Crippen molar-refractivity contribution < 1.29 is 18.7 Å². The summed E-state index contributed by atoms with van der Waals surface area (Å²) in [6.45, 7) is 1.97. The number of nitrogens with one attached hydrogen (secondary N) is 2. The Morgan fingerprint density at radius 3 is 2.79 bits per heavy atom. The number of fused-ring (bicyclic) bond motifs is 2. The predicted molar refractivity (Wildman–Crippen MR) is 144 cm³/mol. The van der Waals surface area contributed by atoms with E-state index in [0.29, 0.717) is 24.8 Å². The zero-order valence-electron chi connectivity index (χ0n) is 20.7. The maximum atomic E-state index is 14.5. The van der Waals surface area contributed by atoms with Gasteiger partial charge in [0.25, 0.3) is 5.91 Å². The molecule has 0 radical (unpaired) electrons. The summed E-state index contributed by atoms with van der Waals surface area (Å²) in [6.07, 6.45) is 1.26. The van der Waals surface area contributed by atoms with Crippen LogP contribution >= 0.6 is 11.3 Å². The lowest BCUT2D eigenvalue weighted by atomic mass is 9.75. The summed E-state index contributed by atoms with van der Waals surface area (Å²) in [5.74, 6) is -1.68. The molecule has 2 atom stereocenters. The standard InChI is InChI=1S/C29H26F2N4O2S/c1-16-32-25-10-7-17(13-26(25)38-16)27-20-12-18(8-9-24(20)34-35-27)28(37)33-29(11-3-4-19(36)14-29)15-21-22(30)5-2-6-23(21)31/h2,5-10,12-13,19,36H,3-4,11,14-15H2,1H3,(H,33,37)(H,34,35)/t19-,29-/m0/s1. The normalized spacial score (nSPS) is 19.7. The van der Waals surface area contributed by atoms with Gasteiger partial charge >= 0.3 is 0 Å². The number of hydrogen-bond acceptors (Lipinski definition) is 5. The van der Waals surface area contributed by atoms with Crippen LogP contribution in [-0.4, -0.2) is 37.8 Å². The Morgan fingerprint density at radius 2 is 2.00 bits per heavy atom. The van der Waals surface area contributed by atoms with Gasteiger partial charge in [-0.15, -0.1) is 11.3 Å². The molecule has 5 aromatic rings. The number of nitrogens with zero attached hydrogens (tertiary/aromatic N) is 2. The molecule has 1 aliphatic carbocycles. The molecule has 0 spiro atoms. The highest BCUT2D eigenvalue weighted by Gasteiger charge is 2.39. The molecule has 38 heavy (non-hydrogen) atoms. The van der Waals surface area contributed by atoms with Gasteiger partial charge in [-0.05, 0) is 75.1 Å². The third-order valence-electron chi connectivity index (χ3n) is 7.37. The van der Waals surface area contributed by atoms with Gasteiger partial charge in [-0.2, -0.15) is 5.10 Å². The van der Waals surface area contributed by atoms with Crippen molar-refractivity contribution in [1.29, 1.82) is 0 Å². The number of aromatic nitrogens is 3. The molecule has 0 aliphatic heterocycles. The fraction of sp³-hybridized carbons (Fsp3) is 0.276. The molecule has 194 valence electrons. The average Bonchev–Trinajstić information content (AvgIpc) is 3.48. The zero-order valence-corrected chi connectivity index (χ0v) is 21.5. The van der Waals surface area contributed by atoms with Crippen molar-refractivity contribution in [2.45, 2.75) is 50.7 Å². The maximum absolute atomic E-state index is 14.5. The molecule has 1 amide bonds. The molecular weight excluding hydrogens is 506 g/mol. The summed E-state index contributed by atoms with van der Waals surface area (Å²) in [7, 11) is 0. The van der Waals surface area contributed by atoms with Crippen molar-refractivity contribution in [1.82, 2.24) is 20.5 Å². The predicted octanol–water partition coefficient (Wildman–Crippen LogP) is 6.07. The summed E-state index contributed by atoms with van der Waals surface area (Å²) in [5.41, 5.74) is 2.70. The molecular formula is C29H26F2N4O2S. The summed E-state index contributed by atoms with van der Waals surface area (Å²) < 4.78 is 30.2. The minimum absolute atomic E-state index is 0.0399. The third-order valence-corrected chi connectivity index (χ3v) is 8.30. The van der Waals surface area contributed by atoms with Gasteiger partial charge in [-0.1, -0.05) is 12.1 Å². The van der Waals surface area contributed by atoms with Crippen molar-refractivity contribution in [3.63, 3.8) is 0 Å². The molecule has 1 saturated carbocycles. The first kappa shape index (κ1) is 24.6. The van der Waals surface area contributed by atoms with Crippen LogP contribution in [0, 0.1) is 18.6 Å². The summed E-state index contributed by atoms with van der Waals surface area (Å²) in [6, 6.07) is 15.0. The number of thiazole rings is 1. The Balaban J connectivity index is 1.34. The Hall–Kier alpha value is -3.69. The zero-order chi connectivity index (χ0) is 26.4. The largest absolute Gasteiger partial charge is 0.393 e. The first-order chi connectivity index (χ1) is 18.3. The van der Waals surface area contributed by atoms with E-state index in [1.807, 2.05) is 25.1 Å². The van der Waals surface area contributed by atoms with Gasteiger partial charge in [-0.3, -0.25) is 9.89 Å². The second-order valence-electron chi connectivity index (χ2n) is 10.1. The first-order valence-corrected chi connectivity index (χ1v) is 13.4. The summed E-state index contributed by atoms with van der Waals surface area (Å²) >= 11 is 1.61. The molecule has 0 saturated heterocycles. The fourth-order valence-corrected chi connectivity index (χ4v) is 6.43. The monoisotopic (exact) mass is 532 g/mol. The first-order valence-electron chi connectivity index (χ1n) is 12.6. The Kier molecular flexibility index (Phi) is 6.20. The SMILES string of the molecule is Cc1nc2ccc(-c3n[nH]c4ccc(C(=O)N[C@@]5(Cc6c(F)cccc6F)CCC[C@H](O)C5)cc34)cc2s1. The summed E-state index contributed by atoms with van der Waals surface area (Å²) in [4.78, 5) is 18.1. The Bertz CT molecular complexity index is 1660. The van der Waals surface area contributed by atoms with Crippen LogP contribution in [0.15, 0.2) is 54.6 Å². The number of hydrogen-bond donors (Lipinski definition) is 3. The van der Waals surface area contributed by atoms with E-state index in [1.54, 1.807) is 29.5 Å². The fourth-order valence-electron chi connectivity index (χ4n) is 5.56. The number of aryl methyl sites for hydroxylation is 1. The molecule has 0 unspecified atom stereocenters. The molecule has 3 N–H and O–H groups in total. The van der Waals surface area contributed by atoms with Gasteiger partial charge in [-0.25, -0.2) is 13.8 Å². The van der Waals surface area contributed by atoms with E-state index in [-0.39, 0.29) is 24.3 Å². The van der Waals surface area contributed by atoms with E-state index in [1.165, 1.54) is 18.2 Å². The molecule has 0 bridgehead atoms. The van der Waals surface area contributed by atoms with E-state index in [0.717, 1.165) is 37.4 Å². The third kappa shape index (κ3) is 4.56. The number of halogens is 2. The molecule has 9 heteroatoms. The number of amides is 1. The van der Waals surface area contributed by atoms with Gasteiger partial charge in [0.05, 0.1) is 32.5 Å². The number of aromatic amines is 1. The van der Waals surface area contributed by atoms with Gasteiger partial charge in [0, 0.05) is 34.0 Å². The van der Waals surface area contributed by atoms with Gasteiger partial charge < -0.3 is 10.4 Å². The Morgan fingerprint density at radius 1 is 1.18 bits per heavy atom. The van der Waals surface area contributed by atoms with Crippen LogP contribution in [0.2, 0.25) is 0 Å². The molecule has 6 nitrogen and oxygen atoms in total. The van der Waals surface area contributed by atoms with Crippen molar-refractivity contribution in [2.24, 2.45) is 0 Å². The molecule has 6 rings (SSSR count). The van der Waals surface area contributed by atoms with E-state index in [2.05, 4.69) is 20.5 Å². The topological polar surface area (TPSA) is 90.9 Å². The molecule has 3 aromatic carbocycles. The average molecular weight is 533 g/mol. The minimum Gasteiger partial charge on any atom is -0.393 e. The molecule has 1 fully saturated rings. The van der Waals surface area contributed by atoms with Crippen LogP contribution in [0.1, 0.15) is 46.6 Å². The van der Waals surface area contributed by atoms with Gasteiger partial charge in [0.2, 0.25) is 0 Å². The lowest BCUT2D eigenvalue weighted by Gasteiger charge is -2.40. The van der Waals surface area contributed by atoms with E-state index in [4.69, 9.17) is 0 Å². The van der Waals surface area contributed by atoms with Crippen LogP contribution in [0.4, 0.5) is 8.78 Å². The van der Waals surface area contributed by atoms with Crippen LogP contribution in [0.3, 0.4) is 0 Å². The van der Waals surface area contributed by atoms with Crippen molar-refractivity contribution in [3.05, 3.63) is 82.4 Å². The number of aliphatic hydroxyl groups is 1. The number of H-pyrrole nitrogens is 1. The number of carbonyl (C=O) groups is 1. The maximum Gasteiger partial charge on any atom is 0.251 e. The number of rotatable bonds is 5. The number of carbonyl (C=O) groups excluding carboxylic acids is 1. The lowest BCUT2D eigenvalue weighted by molar-refractivity contribution is 0.0600.